The fourth-order valence-electron chi connectivity index (χ4n) is 6.34. The van der Waals surface area contributed by atoms with Crippen LogP contribution in [0.2, 0.25) is 0 Å². The number of fused-ring (bicyclic) bond motifs is 3. The molecule has 2 aromatic heterocycles. The number of halogens is 2. The number of benzene rings is 1. The normalized spacial score (nSPS) is 26.5. The Morgan fingerprint density at radius 3 is 2.69 bits per heavy atom. The van der Waals surface area contributed by atoms with Gasteiger partial charge in [0.2, 0.25) is 5.43 Å². The minimum Gasteiger partial charge on any atom is -0.502 e. The summed E-state index contributed by atoms with van der Waals surface area (Å²) < 4.78 is 28.8. The molecule has 188 valence electrons. The summed E-state index contributed by atoms with van der Waals surface area (Å²) in [6, 6.07) is 3.27. The fraction of sp³-hybridized carbons (Fsp3) is 0.417. The van der Waals surface area contributed by atoms with E-state index < -0.39 is 39.8 Å². The monoisotopic (exact) mass is 515 g/mol. The van der Waals surface area contributed by atoms with E-state index in [-0.39, 0.29) is 34.9 Å². The number of aromatic nitrogens is 3. The van der Waals surface area contributed by atoms with Gasteiger partial charge in [-0.15, -0.1) is 10.2 Å². The maximum Gasteiger partial charge on any atom is 0.278 e. The minimum absolute atomic E-state index is 0.0438. The molecular weight excluding hydrogens is 492 g/mol. The van der Waals surface area contributed by atoms with Crippen LogP contribution >= 0.6 is 11.3 Å². The molecule has 3 unspecified atom stereocenters. The van der Waals surface area contributed by atoms with Gasteiger partial charge in [-0.05, 0) is 36.8 Å². The lowest BCUT2D eigenvalue weighted by Gasteiger charge is -2.55. The largest absolute Gasteiger partial charge is 0.502 e. The zero-order valence-corrected chi connectivity index (χ0v) is 20.3. The molecule has 0 saturated heterocycles. The van der Waals surface area contributed by atoms with Crippen molar-refractivity contribution in [3.8, 4) is 16.3 Å². The molecule has 36 heavy (non-hydrogen) atoms. The van der Waals surface area contributed by atoms with Crippen molar-refractivity contribution in [2.75, 3.05) is 25.7 Å². The minimum atomic E-state index is -0.804. The second-order valence-corrected chi connectivity index (χ2v) is 10.8. The molecule has 3 aromatic rings. The summed E-state index contributed by atoms with van der Waals surface area (Å²) >= 11 is 1.05. The van der Waals surface area contributed by atoms with Crippen LogP contribution in [-0.4, -0.2) is 62.3 Å². The molecule has 2 saturated carbocycles. The van der Waals surface area contributed by atoms with Crippen molar-refractivity contribution >= 4 is 17.2 Å². The second-order valence-electron chi connectivity index (χ2n) is 9.79. The smallest absolute Gasteiger partial charge is 0.278 e. The Kier molecular flexibility index (Phi) is 4.84. The van der Waals surface area contributed by atoms with Crippen LogP contribution in [0, 0.1) is 23.0 Å². The Hall–Kier alpha value is -3.38. The summed E-state index contributed by atoms with van der Waals surface area (Å²) in [7, 11) is 3.42. The number of amides is 1. The van der Waals surface area contributed by atoms with E-state index in [2.05, 4.69) is 10.2 Å². The van der Waals surface area contributed by atoms with Crippen LogP contribution in [0.15, 0.2) is 29.2 Å². The van der Waals surface area contributed by atoms with Crippen LogP contribution in [0.3, 0.4) is 0 Å². The van der Waals surface area contributed by atoms with E-state index in [4.69, 9.17) is 0 Å². The van der Waals surface area contributed by atoms with Gasteiger partial charge in [-0.25, -0.2) is 8.78 Å². The average molecular weight is 516 g/mol. The lowest BCUT2D eigenvalue weighted by molar-refractivity contribution is -0.00661. The van der Waals surface area contributed by atoms with Gasteiger partial charge in [-0.3, -0.25) is 19.3 Å². The van der Waals surface area contributed by atoms with Crippen LogP contribution in [0.4, 0.5) is 8.78 Å². The Labute approximate surface area is 208 Å². The van der Waals surface area contributed by atoms with Crippen LogP contribution in [0.1, 0.15) is 40.3 Å². The van der Waals surface area contributed by atoms with Crippen molar-refractivity contribution < 1.29 is 23.8 Å². The van der Waals surface area contributed by atoms with E-state index in [0.717, 1.165) is 36.3 Å². The molecule has 3 aliphatic rings. The average Bonchev–Trinajstić information content (AvgIpc) is 3.23. The van der Waals surface area contributed by atoms with Crippen LogP contribution in [-0.2, 0) is 6.42 Å². The molecule has 12 heteroatoms. The van der Waals surface area contributed by atoms with E-state index in [1.807, 2.05) is 5.01 Å². The number of aliphatic hydroxyl groups is 1. The maximum absolute atomic E-state index is 14.1. The Balaban J connectivity index is 1.43. The van der Waals surface area contributed by atoms with Gasteiger partial charge in [0.25, 0.3) is 5.91 Å². The first-order chi connectivity index (χ1) is 17.1. The van der Waals surface area contributed by atoms with Gasteiger partial charge in [-0.1, -0.05) is 17.4 Å². The maximum atomic E-state index is 14.1. The van der Waals surface area contributed by atoms with Gasteiger partial charge in [0.05, 0.1) is 12.2 Å². The molecule has 1 aliphatic heterocycles. The van der Waals surface area contributed by atoms with Gasteiger partial charge >= 0.3 is 0 Å². The summed E-state index contributed by atoms with van der Waals surface area (Å²) in [6.07, 6.45) is 3.81. The molecule has 1 spiro atoms. The first-order valence-electron chi connectivity index (χ1n) is 11.5. The predicted molar refractivity (Wildman–Crippen MR) is 126 cm³/mol. The summed E-state index contributed by atoms with van der Waals surface area (Å²) in [4.78, 5) is 28.1. The first-order valence-corrected chi connectivity index (χ1v) is 12.3. The number of rotatable bonds is 4. The predicted octanol–water partition coefficient (Wildman–Crippen LogP) is 2.08. The number of aromatic hydroxyl groups is 1. The number of hydrogen-bond acceptors (Lipinski definition) is 8. The zero-order valence-electron chi connectivity index (χ0n) is 19.5. The first kappa shape index (κ1) is 23.0. The molecule has 1 amide bonds. The molecule has 0 bridgehead atoms. The number of aliphatic hydroxyl groups excluding tert-OH is 1. The van der Waals surface area contributed by atoms with Crippen LogP contribution in [0.25, 0.3) is 10.6 Å². The lowest BCUT2D eigenvalue weighted by Crippen LogP contribution is -2.71. The van der Waals surface area contributed by atoms with E-state index in [1.54, 1.807) is 19.0 Å². The highest BCUT2D eigenvalue weighted by Crippen LogP contribution is 2.70. The number of pyridine rings is 1. The van der Waals surface area contributed by atoms with Gasteiger partial charge in [0.1, 0.15) is 22.3 Å². The Morgan fingerprint density at radius 1 is 1.22 bits per heavy atom. The van der Waals surface area contributed by atoms with Crippen molar-refractivity contribution in [1.82, 2.24) is 19.8 Å². The van der Waals surface area contributed by atoms with Gasteiger partial charge in [0.15, 0.2) is 16.5 Å². The molecular formula is C24H23F2N5O4S. The molecule has 3 atom stereocenters. The lowest BCUT2D eigenvalue weighted by atomic mass is 9.87. The highest BCUT2D eigenvalue weighted by atomic mass is 32.1. The van der Waals surface area contributed by atoms with Crippen molar-refractivity contribution in [1.29, 1.82) is 0 Å². The SMILES string of the molecule is CN1C(=O)c2c(O)c(=O)c(-c3nnc(Cc4ccc(F)cc4F)s3)cn2N(C)C12CCC1CC12CO. The standard InChI is InChI=1S/C24H23F2N5O4S/c1-29-22(35)18-20(34)19(33)15(10-31(18)30(2)24(29)6-5-13-9-23(13,24)11-32)21-28-27-17(36-21)7-12-3-4-14(25)8-16(12)26/h3-4,8,10,13,32,34H,5-7,9,11H2,1-2H3. The number of nitrogens with zero attached hydrogens (tertiary/aromatic N) is 5. The van der Waals surface area contributed by atoms with Gasteiger partial charge in [-0.2, -0.15) is 0 Å². The quantitative estimate of drug-likeness (QED) is 0.547. The molecule has 0 radical (unpaired) electrons. The van der Waals surface area contributed by atoms with E-state index in [0.29, 0.717) is 17.3 Å². The summed E-state index contributed by atoms with van der Waals surface area (Å²) in [5.41, 5.74) is -1.93. The van der Waals surface area contributed by atoms with Gasteiger partial charge < -0.3 is 15.1 Å². The number of carbonyl (C=O) groups excluding carboxylic acids is 1. The van der Waals surface area contributed by atoms with Crippen molar-refractivity contribution in [2.45, 2.75) is 31.3 Å². The van der Waals surface area contributed by atoms with Gasteiger partial charge in [0, 0.05) is 38.2 Å². The molecule has 6 rings (SSSR count). The van der Waals surface area contributed by atoms with E-state index >= 15 is 0 Å². The highest BCUT2D eigenvalue weighted by Gasteiger charge is 2.75. The molecule has 3 heterocycles. The fourth-order valence-corrected chi connectivity index (χ4v) is 7.21. The molecule has 2 fully saturated rings. The second kappa shape index (κ2) is 7.56. The Bertz CT molecular complexity index is 1490. The summed E-state index contributed by atoms with van der Waals surface area (Å²) in [5.74, 6) is -2.29. The third kappa shape index (κ3) is 2.82. The summed E-state index contributed by atoms with van der Waals surface area (Å²) in [5, 5.41) is 31.7. The third-order valence-corrected chi connectivity index (χ3v) is 9.25. The van der Waals surface area contributed by atoms with Crippen molar-refractivity contribution in [2.24, 2.45) is 11.3 Å². The highest BCUT2D eigenvalue weighted by molar-refractivity contribution is 7.14. The molecule has 1 aromatic carbocycles. The molecule has 2 aliphatic carbocycles. The Morgan fingerprint density at radius 2 is 2.00 bits per heavy atom. The summed E-state index contributed by atoms with van der Waals surface area (Å²) in [6.45, 7) is -0.0757. The van der Waals surface area contributed by atoms with E-state index in [1.165, 1.54) is 16.9 Å². The zero-order chi connectivity index (χ0) is 25.6. The third-order valence-electron chi connectivity index (χ3n) is 8.29. The van der Waals surface area contributed by atoms with Crippen LogP contribution < -0.4 is 10.4 Å². The van der Waals surface area contributed by atoms with Crippen molar-refractivity contribution in [3.05, 3.63) is 62.5 Å². The number of carbonyl (C=O) groups is 1. The molecule has 2 N–H and O–H groups in total. The van der Waals surface area contributed by atoms with E-state index in [9.17, 15) is 28.6 Å². The topological polar surface area (TPSA) is 112 Å². The number of hydrogen-bond donors (Lipinski definition) is 2. The molecule has 9 nitrogen and oxygen atoms in total. The van der Waals surface area contributed by atoms with Crippen molar-refractivity contribution in [3.63, 3.8) is 0 Å². The van der Waals surface area contributed by atoms with Crippen LogP contribution in [0.5, 0.6) is 5.75 Å².